The van der Waals surface area contributed by atoms with Crippen molar-refractivity contribution in [1.82, 2.24) is 4.98 Å². The number of nitrogens with zero attached hydrogens (tertiary/aromatic N) is 1. The van der Waals surface area contributed by atoms with E-state index in [0.717, 1.165) is 10.7 Å². The average Bonchev–Trinajstić information content (AvgIpc) is 2.76. The Morgan fingerprint density at radius 2 is 2.17 bits per heavy atom. The lowest BCUT2D eigenvalue weighted by Crippen LogP contribution is -2.10. The van der Waals surface area contributed by atoms with Gasteiger partial charge in [0.2, 0.25) is 0 Å². The van der Waals surface area contributed by atoms with Crippen molar-refractivity contribution in [3.05, 3.63) is 45.9 Å². The van der Waals surface area contributed by atoms with E-state index in [-0.39, 0.29) is 5.91 Å². The number of benzene rings is 1. The first-order chi connectivity index (χ1) is 8.56. The molecule has 0 bridgehead atoms. The number of carbonyl (C=O) groups is 1. The molecule has 2 aromatic rings. The number of aryl methyl sites for hydroxylation is 1. The summed E-state index contributed by atoms with van der Waals surface area (Å²) >= 11 is 1.40. The first-order valence-electron chi connectivity index (χ1n) is 5.90. The molecule has 3 nitrogen and oxygen atoms in total. The smallest absolute Gasteiger partial charge is 0.267 e. The van der Waals surface area contributed by atoms with Crippen LogP contribution >= 0.6 is 11.3 Å². The topological polar surface area (TPSA) is 42.0 Å². The van der Waals surface area contributed by atoms with Crippen LogP contribution in [0.5, 0.6) is 0 Å². The number of aromatic nitrogens is 1. The van der Waals surface area contributed by atoms with Crippen molar-refractivity contribution in [2.75, 3.05) is 5.32 Å². The Hall–Kier alpha value is -1.68. The molecule has 0 unspecified atom stereocenters. The second-order valence-corrected chi connectivity index (χ2v) is 5.71. The summed E-state index contributed by atoms with van der Waals surface area (Å²) in [5.74, 6) is 0.356. The Labute approximate surface area is 111 Å². The maximum atomic E-state index is 12.0. The second-order valence-electron chi connectivity index (χ2n) is 4.48. The fourth-order valence-corrected chi connectivity index (χ4v) is 2.31. The summed E-state index contributed by atoms with van der Waals surface area (Å²) in [4.78, 5) is 16.7. The van der Waals surface area contributed by atoms with Crippen LogP contribution in [0.3, 0.4) is 0 Å². The molecule has 1 heterocycles. The lowest BCUT2D eigenvalue weighted by molar-refractivity contribution is 0.103. The maximum Gasteiger partial charge on any atom is 0.267 e. The molecule has 2 rings (SSSR count). The van der Waals surface area contributed by atoms with Gasteiger partial charge < -0.3 is 5.32 Å². The van der Waals surface area contributed by atoms with Crippen molar-refractivity contribution in [1.29, 1.82) is 0 Å². The Kier molecular flexibility index (Phi) is 3.77. The molecule has 0 fully saturated rings. The molecule has 1 aromatic carbocycles. The summed E-state index contributed by atoms with van der Waals surface area (Å²) in [6.45, 7) is 6.15. The number of rotatable bonds is 3. The number of anilines is 1. The SMILES string of the molecule is Cc1ncc(C(=O)Nc2cccc(C(C)C)c2)s1. The maximum absolute atomic E-state index is 12.0. The first kappa shape index (κ1) is 12.8. The fourth-order valence-electron chi connectivity index (χ4n) is 1.63. The van der Waals surface area contributed by atoms with Gasteiger partial charge in [0.05, 0.1) is 11.2 Å². The molecule has 0 radical (unpaired) electrons. The third-order valence-electron chi connectivity index (χ3n) is 2.66. The van der Waals surface area contributed by atoms with E-state index < -0.39 is 0 Å². The Morgan fingerprint density at radius 3 is 2.78 bits per heavy atom. The molecule has 0 aliphatic rings. The molecule has 0 atom stereocenters. The zero-order chi connectivity index (χ0) is 13.1. The standard InChI is InChI=1S/C14H16N2OS/c1-9(2)11-5-4-6-12(7-11)16-14(17)13-8-15-10(3)18-13/h4-9H,1-3H3,(H,16,17). The van der Waals surface area contributed by atoms with Gasteiger partial charge in [0.15, 0.2) is 0 Å². The van der Waals surface area contributed by atoms with Gasteiger partial charge in [-0.15, -0.1) is 11.3 Å². The van der Waals surface area contributed by atoms with Gasteiger partial charge in [-0.3, -0.25) is 4.79 Å². The summed E-state index contributed by atoms with van der Waals surface area (Å²) in [7, 11) is 0. The van der Waals surface area contributed by atoms with Gasteiger partial charge >= 0.3 is 0 Å². The van der Waals surface area contributed by atoms with Crippen LogP contribution in [0.4, 0.5) is 5.69 Å². The number of nitrogens with one attached hydrogen (secondary N) is 1. The van der Waals surface area contributed by atoms with Crippen molar-refractivity contribution < 1.29 is 4.79 Å². The van der Waals surface area contributed by atoms with Gasteiger partial charge in [-0.25, -0.2) is 4.98 Å². The van der Waals surface area contributed by atoms with Crippen LogP contribution in [0.1, 0.15) is 40.0 Å². The summed E-state index contributed by atoms with van der Waals surface area (Å²) in [6.07, 6.45) is 1.61. The number of carbonyl (C=O) groups excluding carboxylic acids is 1. The van der Waals surface area contributed by atoms with E-state index >= 15 is 0 Å². The highest BCUT2D eigenvalue weighted by molar-refractivity contribution is 7.13. The van der Waals surface area contributed by atoms with E-state index in [4.69, 9.17) is 0 Å². The molecule has 1 N–H and O–H groups in total. The molecular weight excluding hydrogens is 244 g/mol. The van der Waals surface area contributed by atoms with E-state index in [0.29, 0.717) is 10.8 Å². The van der Waals surface area contributed by atoms with Crippen LogP contribution < -0.4 is 5.32 Å². The van der Waals surface area contributed by atoms with Gasteiger partial charge in [0.25, 0.3) is 5.91 Å². The van der Waals surface area contributed by atoms with Crippen molar-refractivity contribution in [3.63, 3.8) is 0 Å². The third-order valence-corrected chi connectivity index (χ3v) is 3.57. The summed E-state index contributed by atoms with van der Waals surface area (Å²) in [5, 5.41) is 3.80. The monoisotopic (exact) mass is 260 g/mol. The third kappa shape index (κ3) is 2.96. The van der Waals surface area contributed by atoms with Gasteiger partial charge in [0, 0.05) is 5.69 Å². The quantitative estimate of drug-likeness (QED) is 0.911. The van der Waals surface area contributed by atoms with Crippen molar-refractivity contribution >= 4 is 22.9 Å². The van der Waals surface area contributed by atoms with Crippen molar-refractivity contribution in [2.45, 2.75) is 26.7 Å². The lowest BCUT2D eigenvalue weighted by atomic mass is 10.0. The van der Waals surface area contributed by atoms with Crippen molar-refractivity contribution in [3.8, 4) is 0 Å². The largest absolute Gasteiger partial charge is 0.321 e. The Morgan fingerprint density at radius 1 is 1.39 bits per heavy atom. The molecule has 94 valence electrons. The number of hydrogen-bond acceptors (Lipinski definition) is 3. The minimum absolute atomic E-state index is 0.0958. The fraction of sp³-hybridized carbons (Fsp3) is 0.286. The minimum Gasteiger partial charge on any atom is -0.321 e. The molecular formula is C14H16N2OS. The van der Waals surface area contributed by atoms with Crippen LogP contribution in [0, 0.1) is 6.92 Å². The second kappa shape index (κ2) is 5.31. The highest BCUT2D eigenvalue weighted by Crippen LogP contribution is 2.20. The highest BCUT2D eigenvalue weighted by atomic mass is 32.1. The molecule has 0 spiro atoms. The summed E-state index contributed by atoms with van der Waals surface area (Å²) < 4.78 is 0. The normalized spacial score (nSPS) is 10.7. The predicted octanol–water partition coefficient (Wildman–Crippen LogP) is 3.83. The van der Waals surface area contributed by atoms with Gasteiger partial charge in [0.1, 0.15) is 4.88 Å². The zero-order valence-electron chi connectivity index (χ0n) is 10.7. The molecule has 18 heavy (non-hydrogen) atoms. The molecule has 0 aliphatic heterocycles. The average molecular weight is 260 g/mol. The predicted molar refractivity (Wildman–Crippen MR) is 75.3 cm³/mol. The number of hydrogen-bond donors (Lipinski definition) is 1. The van der Waals surface area contributed by atoms with Gasteiger partial charge in [-0.05, 0) is 30.5 Å². The van der Waals surface area contributed by atoms with Crippen molar-refractivity contribution in [2.24, 2.45) is 0 Å². The van der Waals surface area contributed by atoms with Crippen LogP contribution in [0.15, 0.2) is 30.5 Å². The van der Waals surface area contributed by atoms with Crippen LogP contribution in [-0.2, 0) is 0 Å². The number of amides is 1. The minimum atomic E-state index is -0.0958. The van der Waals surface area contributed by atoms with Crippen LogP contribution in [0.25, 0.3) is 0 Å². The molecule has 4 heteroatoms. The molecule has 1 amide bonds. The van der Waals surface area contributed by atoms with E-state index in [1.54, 1.807) is 6.20 Å². The molecule has 1 aromatic heterocycles. The first-order valence-corrected chi connectivity index (χ1v) is 6.71. The van der Waals surface area contributed by atoms with E-state index in [1.807, 2.05) is 25.1 Å². The van der Waals surface area contributed by atoms with E-state index in [9.17, 15) is 4.79 Å². The van der Waals surface area contributed by atoms with E-state index in [1.165, 1.54) is 16.9 Å². The van der Waals surface area contributed by atoms with Crippen LogP contribution in [0.2, 0.25) is 0 Å². The number of thiazole rings is 1. The lowest BCUT2D eigenvalue weighted by Gasteiger charge is -2.08. The Bertz CT molecular complexity index is 560. The van der Waals surface area contributed by atoms with Gasteiger partial charge in [-0.1, -0.05) is 26.0 Å². The highest BCUT2D eigenvalue weighted by Gasteiger charge is 2.09. The van der Waals surface area contributed by atoms with Gasteiger partial charge in [-0.2, -0.15) is 0 Å². The molecule has 0 aliphatic carbocycles. The van der Waals surface area contributed by atoms with Crippen LogP contribution in [-0.4, -0.2) is 10.9 Å². The Balaban J connectivity index is 2.14. The molecule has 0 saturated heterocycles. The summed E-state index contributed by atoms with van der Waals surface area (Å²) in [5.41, 5.74) is 2.05. The zero-order valence-corrected chi connectivity index (χ0v) is 11.5. The van der Waals surface area contributed by atoms with E-state index in [2.05, 4.69) is 30.2 Å². The molecule has 0 saturated carbocycles. The summed E-state index contributed by atoms with van der Waals surface area (Å²) in [6, 6.07) is 7.94.